The highest BCUT2D eigenvalue weighted by molar-refractivity contribution is 5.89. The summed E-state index contributed by atoms with van der Waals surface area (Å²) >= 11 is 0. The van der Waals surface area contributed by atoms with E-state index in [-0.39, 0.29) is 12.6 Å². The van der Waals surface area contributed by atoms with Crippen molar-refractivity contribution in [1.29, 1.82) is 0 Å². The summed E-state index contributed by atoms with van der Waals surface area (Å²) in [7, 11) is 0. The monoisotopic (exact) mass is 282 g/mol. The fourth-order valence-corrected chi connectivity index (χ4v) is 1.84. The maximum Gasteiger partial charge on any atom is 0.338 e. The minimum Gasteiger partial charge on any atom is -0.489 e. The van der Waals surface area contributed by atoms with Crippen LogP contribution in [0.1, 0.15) is 21.5 Å². The standard InChI is InChI=1S/C18H18O3/c1-3-12-20-18(19)15-8-10-17(11-9-15)21-13-16-7-5-4-6-14(16)2/h3-11H,1,12-13H2,2H3. The number of carbonyl (C=O) groups excluding carboxylic acids is 1. The number of carbonyl (C=O) groups is 1. The van der Waals surface area contributed by atoms with Crippen LogP contribution < -0.4 is 4.74 Å². The van der Waals surface area contributed by atoms with Crippen LogP contribution in [-0.2, 0) is 11.3 Å². The average molecular weight is 282 g/mol. The second-order valence-electron chi connectivity index (χ2n) is 4.63. The molecule has 2 aromatic rings. The van der Waals surface area contributed by atoms with Gasteiger partial charge in [0.05, 0.1) is 5.56 Å². The first kappa shape index (κ1) is 14.9. The molecule has 0 bridgehead atoms. The van der Waals surface area contributed by atoms with E-state index in [4.69, 9.17) is 9.47 Å². The summed E-state index contributed by atoms with van der Waals surface area (Å²) in [4.78, 5) is 11.6. The van der Waals surface area contributed by atoms with Gasteiger partial charge in [-0.15, -0.1) is 0 Å². The Kier molecular flexibility index (Phi) is 5.16. The second-order valence-corrected chi connectivity index (χ2v) is 4.63. The van der Waals surface area contributed by atoms with Crippen LogP contribution in [-0.4, -0.2) is 12.6 Å². The predicted octanol–water partition coefficient (Wildman–Crippen LogP) is 3.92. The van der Waals surface area contributed by atoms with E-state index < -0.39 is 0 Å². The van der Waals surface area contributed by atoms with Gasteiger partial charge in [0.15, 0.2) is 0 Å². The maximum absolute atomic E-state index is 11.6. The lowest BCUT2D eigenvalue weighted by molar-refractivity contribution is 0.0549. The fourth-order valence-electron chi connectivity index (χ4n) is 1.84. The molecule has 0 radical (unpaired) electrons. The molecule has 0 amide bonds. The molecule has 0 saturated carbocycles. The summed E-state index contributed by atoms with van der Waals surface area (Å²) < 4.78 is 10.7. The molecular formula is C18H18O3. The van der Waals surface area contributed by atoms with E-state index in [1.165, 1.54) is 11.6 Å². The topological polar surface area (TPSA) is 35.5 Å². The van der Waals surface area contributed by atoms with Crippen molar-refractivity contribution in [3.8, 4) is 5.75 Å². The molecule has 0 aliphatic rings. The summed E-state index contributed by atoms with van der Waals surface area (Å²) in [5.41, 5.74) is 2.84. The maximum atomic E-state index is 11.6. The lowest BCUT2D eigenvalue weighted by Gasteiger charge is -2.09. The van der Waals surface area contributed by atoms with Crippen LogP contribution in [0.15, 0.2) is 61.2 Å². The summed E-state index contributed by atoms with van der Waals surface area (Å²) in [6.45, 7) is 6.28. The van der Waals surface area contributed by atoms with E-state index in [0.29, 0.717) is 12.2 Å². The molecule has 0 fully saturated rings. The largest absolute Gasteiger partial charge is 0.489 e. The molecule has 0 N–H and O–H groups in total. The molecule has 2 rings (SSSR count). The van der Waals surface area contributed by atoms with Crippen molar-refractivity contribution in [2.75, 3.05) is 6.61 Å². The molecule has 0 saturated heterocycles. The van der Waals surface area contributed by atoms with Crippen molar-refractivity contribution in [1.82, 2.24) is 0 Å². The normalized spacial score (nSPS) is 9.95. The van der Waals surface area contributed by atoms with Gasteiger partial charge in [-0.1, -0.05) is 36.9 Å². The Morgan fingerprint density at radius 1 is 1.14 bits per heavy atom. The van der Waals surface area contributed by atoms with E-state index in [1.54, 1.807) is 24.3 Å². The molecule has 0 aliphatic heterocycles. The number of esters is 1. The molecule has 3 heteroatoms. The van der Waals surface area contributed by atoms with Crippen LogP contribution in [0.5, 0.6) is 5.75 Å². The van der Waals surface area contributed by atoms with Crippen molar-refractivity contribution in [2.45, 2.75) is 13.5 Å². The molecule has 21 heavy (non-hydrogen) atoms. The van der Waals surface area contributed by atoms with Crippen molar-refractivity contribution in [3.05, 3.63) is 77.9 Å². The highest BCUT2D eigenvalue weighted by atomic mass is 16.5. The number of hydrogen-bond acceptors (Lipinski definition) is 3. The van der Waals surface area contributed by atoms with Gasteiger partial charge in [0, 0.05) is 0 Å². The molecule has 0 atom stereocenters. The fraction of sp³-hybridized carbons (Fsp3) is 0.167. The second kappa shape index (κ2) is 7.29. The number of aryl methyl sites for hydroxylation is 1. The minimum absolute atomic E-state index is 0.213. The van der Waals surface area contributed by atoms with Gasteiger partial charge in [-0.2, -0.15) is 0 Å². The van der Waals surface area contributed by atoms with Crippen molar-refractivity contribution < 1.29 is 14.3 Å². The zero-order valence-corrected chi connectivity index (χ0v) is 12.0. The van der Waals surface area contributed by atoms with Gasteiger partial charge in [0.1, 0.15) is 19.0 Å². The number of hydrogen-bond donors (Lipinski definition) is 0. The summed E-state index contributed by atoms with van der Waals surface area (Å²) in [6, 6.07) is 15.0. The molecule has 0 spiro atoms. The third-order valence-electron chi connectivity index (χ3n) is 3.08. The first-order chi connectivity index (χ1) is 10.2. The highest BCUT2D eigenvalue weighted by Gasteiger charge is 2.06. The molecule has 0 unspecified atom stereocenters. The average Bonchev–Trinajstić information content (AvgIpc) is 2.52. The van der Waals surface area contributed by atoms with Gasteiger partial charge in [-0.3, -0.25) is 0 Å². The first-order valence-corrected chi connectivity index (χ1v) is 6.76. The van der Waals surface area contributed by atoms with Crippen LogP contribution in [0, 0.1) is 6.92 Å². The summed E-state index contributed by atoms with van der Waals surface area (Å²) in [5.74, 6) is 0.360. The van der Waals surface area contributed by atoms with E-state index in [0.717, 1.165) is 11.3 Å². The Hall–Kier alpha value is -2.55. The summed E-state index contributed by atoms with van der Waals surface area (Å²) in [5, 5.41) is 0. The molecule has 108 valence electrons. The Morgan fingerprint density at radius 3 is 2.52 bits per heavy atom. The zero-order chi connectivity index (χ0) is 15.1. The lowest BCUT2D eigenvalue weighted by Crippen LogP contribution is -2.05. The quantitative estimate of drug-likeness (QED) is 0.595. The van der Waals surface area contributed by atoms with Crippen LogP contribution in [0.25, 0.3) is 0 Å². The number of ether oxygens (including phenoxy) is 2. The van der Waals surface area contributed by atoms with Crippen LogP contribution in [0.3, 0.4) is 0 Å². The summed E-state index contributed by atoms with van der Waals surface area (Å²) in [6.07, 6.45) is 1.54. The number of rotatable bonds is 6. The van der Waals surface area contributed by atoms with E-state index in [1.807, 2.05) is 18.2 Å². The third-order valence-corrected chi connectivity index (χ3v) is 3.08. The van der Waals surface area contributed by atoms with Gasteiger partial charge in [-0.05, 0) is 42.3 Å². The smallest absolute Gasteiger partial charge is 0.338 e. The number of benzene rings is 2. The molecule has 0 aliphatic carbocycles. The first-order valence-electron chi connectivity index (χ1n) is 6.76. The minimum atomic E-state index is -0.361. The Bertz CT molecular complexity index is 615. The van der Waals surface area contributed by atoms with E-state index >= 15 is 0 Å². The molecule has 3 nitrogen and oxygen atoms in total. The molecule has 2 aromatic carbocycles. The van der Waals surface area contributed by atoms with Gasteiger partial charge in [0.25, 0.3) is 0 Å². The van der Waals surface area contributed by atoms with Gasteiger partial charge in [-0.25, -0.2) is 4.79 Å². The van der Waals surface area contributed by atoms with Crippen LogP contribution >= 0.6 is 0 Å². The van der Waals surface area contributed by atoms with E-state index in [9.17, 15) is 4.79 Å². The van der Waals surface area contributed by atoms with E-state index in [2.05, 4.69) is 19.6 Å². The van der Waals surface area contributed by atoms with Crippen LogP contribution in [0.2, 0.25) is 0 Å². The zero-order valence-electron chi connectivity index (χ0n) is 12.0. The van der Waals surface area contributed by atoms with Gasteiger partial charge >= 0.3 is 5.97 Å². The Morgan fingerprint density at radius 2 is 1.86 bits per heavy atom. The van der Waals surface area contributed by atoms with Crippen molar-refractivity contribution in [2.24, 2.45) is 0 Å². The van der Waals surface area contributed by atoms with Crippen LogP contribution in [0.4, 0.5) is 0 Å². The van der Waals surface area contributed by atoms with Crippen molar-refractivity contribution in [3.63, 3.8) is 0 Å². The third kappa shape index (κ3) is 4.21. The molecule has 0 aromatic heterocycles. The Labute approximate surface area is 124 Å². The lowest BCUT2D eigenvalue weighted by atomic mass is 10.1. The Balaban J connectivity index is 1.95. The van der Waals surface area contributed by atoms with Crippen molar-refractivity contribution >= 4 is 5.97 Å². The molecule has 0 heterocycles. The SMILES string of the molecule is C=CCOC(=O)c1ccc(OCc2ccccc2C)cc1. The highest BCUT2D eigenvalue weighted by Crippen LogP contribution is 2.16. The molecular weight excluding hydrogens is 264 g/mol. The van der Waals surface area contributed by atoms with Gasteiger partial charge in [0.2, 0.25) is 0 Å². The van der Waals surface area contributed by atoms with Gasteiger partial charge < -0.3 is 9.47 Å². The predicted molar refractivity (Wildman–Crippen MR) is 82.4 cm³/mol.